The summed E-state index contributed by atoms with van der Waals surface area (Å²) in [7, 11) is -2.85. The number of carbonyl (C=O) groups excluding carboxylic acids is 1. The molecule has 1 atom stereocenters. The molecular weight excluding hydrogens is 364 g/mol. The van der Waals surface area contributed by atoms with E-state index >= 15 is 0 Å². The minimum atomic E-state index is -2.85. The second-order valence-electron chi connectivity index (χ2n) is 7.96. The van der Waals surface area contributed by atoms with Gasteiger partial charge in [0, 0.05) is 17.4 Å². The Labute approximate surface area is 160 Å². The number of nitrogens with one attached hydrogen (secondary N) is 1. The van der Waals surface area contributed by atoms with Gasteiger partial charge in [-0.1, -0.05) is 12.1 Å². The fourth-order valence-electron chi connectivity index (χ4n) is 4.37. The van der Waals surface area contributed by atoms with Crippen molar-refractivity contribution in [1.82, 2.24) is 4.90 Å². The monoisotopic (exact) mass is 391 g/mol. The first-order valence-corrected chi connectivity index (χ1v) is 11.5. The highest BCUT2D eigenvalue weighted by Crippen LogP contribution is 2.27. The van der Waals surface area contributed by atoms with Gasteiger partial charge in [-0.15, -0.1) is 0 Å². The van der Waals surface area contributed by atoms with E-state index in [2.05, 4.69) is 13.0 Å². The lowest BCUT2D eigenvalue weighted by Crippen LogP contribution is -3.18. The van der Waals surface area contributed by atoms with Gasteiger partial charge in [-0.05, 0) is 25.0 Å². The predicted molar refractivity (Wildman–Crippen MR) is 104 cm³/mol. The molecule has 0 radical (unpaired) electrons. The first-order chi connectivity index (χ1) is 12.8. The third-order valence-electron chi connectivity index (χ3n) is 6.25. The van der Waals surface area contributed by atoms with Gasteiger partial charge < -0.3 is 14.2 Å². The van der Waals surface area contributed by atoms with Gasteiger partial charge in [-0.25, -0.2) is 8.42 Å². The summed E-state index contributed by atoms with van der Waals surface area (Å²) in [5, 5.41) is 1.02. The summed E-state index contributed by atoms with van der Waals surface area (Å²) in [6.45, 7) is 7.14. The van der Waals surface area contributed by atoms with Crippen molar-refractivity contribution in [1.29, 1.82) is 0 Å². The third-order valence-corrected chi connectivity index (χ3v) is 8.02. The van der Waals surface area contributed by atoms with Crippen LogP contribution in [0, 0.1) is 13.8 Å². The number of sulfone groups is 1. The van der Waals surface area contributed by atoms with E-state index < -0.39 is 9.84 Å². The Morgan fingerprint density at radius 3 is 2.67 bits per heavy atom. The lowest BCUT2D eigenvalue weighted by molar-refractivity contribution is -0.925. The van der Waals surface area contributed by atoms with Crippen LogP contribution >= 0.6 is 0 Å². The molecule has 3 heterocycles. The topological polar surface area (TPSA) is 72.0 Å². The maximum absolute atomic E-state index is 12.8. The number of hydrogen-bond donors (Lipinski definition) is 1. The second-order valence-corrected chi connectivity index (χ2v) is 10.2. The van der Waals surface area contributed by atoms with E-state index in [1.165, 1.54) is 10.5 Å². The van der Waals surface area contributed by atoms with E-state index in [-0.39, 0.29) is 11.9 Å². The van der Waals surface area contributed by atoms with Crippen molar-refractivity contribution in [3.05, 3.63) is 35.1 Å². The average Bonchev–Trinajstić information content (AvgIpc) is 3.22. The first-order valence-electron chi connectivity index (χ1n) is 9.63. The number of quaternary nitrogens is 1. The number of furan rings is 1. The molecule has 1 N–H and O–H groups in total. The Balaban J connectivity index is 1.38. The molecular formula is C20H27N2O4S+. The van der Waals surface area contributed by atoms with Crippen LogP contribution in [0.1, 0.15) is 23.1 Å². The number of nitrogens with zero attached hydrogens (tertiary/aromatic N) is 1. The van der Waals surface area contributed by atoms with Gasteiger partial charge in [0.05, 0.1) is 44.6 Å². The molecule has 0 saturated carbocycles. The summed E-state index contributed by atoms with van der Waals surface area (Å²) in [6, 6.07) is 4.31. The summed E-state index contributed by atoms with van der Waals surface area (Å²) in [5.74, 6) is 0.737. The Bertz CT molecular complexity index is 971. The van der Waals surface area contributed by atoms with Crippen molar-refractivity contribution in [3.63, 3.8) is 0 Å². The number of fused-ring (bicyclic) bond motifs is 1. The summed E-state index contributed by atoms with van der Waals surface area (Å²) in [5.41, 5.74) is 4.11. The van der Waals surface area contributed by atoms with Crippen LogP contribution in [0.5, 0.6) is 0 Å². The van der Waals surface area contributed by atoms with Crippen molar-refractivity contribution in [2.24, 2.45) is 0 Å². The molecule has 2 aromatic rings. The van der Waals surface area contributed by atoms with Gasteiger partial charge in [0.15, 0.2) is 9.84 Å². The van der Waals surface area contributed by atoms with E-state index in [1.807, 2.05) is 17.9 Å². The normalized spacial score (nSPS) is 23.2. The molecule has 2 aliphatic rings. The van der Waals surface area contributed by atoms with Gasteiger partial charge in [-0.3, -0.25) is 4.79 Å². The molecule has 7 heteroatoms. The van der Waals surface area contributed by atoms with Crippen LogP contribution in [0.25, 0.3) is 11.0 Å². The maximum atomic E-state index is 12.8. The highest BCUT2D eigenvalue weighted by atomic mass is 32.2. The first kappa shape index (κ1) is 18.5. The van der Waals surface area contributed by atoms with Crippen LogP contribution in [0.15, 0.2) is 22.8 Å². The molecule has 0 spiro atoms. The van der Waals surface area contributed by atoms with Crippen LogP contribution < -0.4 is 4.90 Å². The lowest BCUT2D eigenvalue weighted by Gasteiger charge is -2.35. The molecule has 4 rings (SSSR count). The van der Waals surface area contributed by atoms with E-state index in [9.17, 15) is 13.2 Å². The molecule has 2 saturated heterocycles. The fraction of sp³-hybridized carbons (Fsp3) is 0.550. The number of amides is 1. The van der Waals surface area contributed by atoms with Crippen LogP contribution in [0.3, 0.4) is 0 Å². The number of carbonyl (C=O) groups is 1. The number of hydrogen-bond acceptors (Lipinski definition) is 4. The van der Waals surface area contributed by atoms with Crippen molar-refractivity contribution < 1.29 is 22.5 Å². The fourth-order valence-corrected chi connectivity index (χ4v) is 6.19. The number of aryl methyl sites for hydroxylation is 2. The zero-order valence-corrected chi connectivity index (χ0v) is 16.8. The van der Waals surface area contributed by atoms with E-state index in [4.69, 9.17) is 4.42 Å². The Kier molecular flexibility index (Phi) is 4.76. The lowest BCUT2D eigenvalue weighted by atomic mass is 10.0. The van der Waals surface area contributed by atoms with E-state index in [0.29, 0.717) is 31.0 Å². The minimum Gasteiger partial charge on any atom is -0.464 e. The molecule has 27 heavy (non-hydrogen) atoms. The number of rotatable bonds is 3. The highest BCUT2D eigenvalue weighted by Gasteiger charge is 2.37. The van der Waals surface area contributed by atoms with E-state index in [0.717, 1.165) is 41.6 Å². The maximum Gasteiger partial charge on any atom is 0.227 e. The largest absolute Gasteiger partial charge is 0.464 e. The van der Waals surface area contributed by atoms with Crippen LogP contribution in [0.2, 0.25) is 0 Å². The molecule has 1 amide bonds. The Morgan fingerprint density at radius 2 is 2.00 bits per heavy atom. The molecule has 1 aromatic carbocycles. The number of benzene rings is 1. The van der Waals surface area contributed by atoms with Gasteiger partial charge in [0.25, 0.3) is 0 Å². The molecule has 2 fully saturated rings. The summed E-state index contributed by atoms with van der Waals surface area (Å²) in [6.07, 6.45) is 2.81. The van der Waals surface area contributed by atoms with Gasteiger partial charge >= 0.3 is 0 Å². The van der Waals surface area contributed by atoms with Crippen LogP contribution in [0.4, 0.5) is 0 Å². The molecule has 2 aliphatic heterocycles. The number of piperazine rings is 1. The molecule has 146 valence electrons. The highest BCUT2D eigenvalue weighted by molar-refractivity contribution is 7.91. The SMILES string of the molecule is Cc1ccc2c(CC(=O)N3CC[NH+]([C@H]4CCS(=O)(=O)C4)CC3)coc2c1C. The molecule has 1 aromatic heterocycles. The van der Waals surface area contributed by atoms with Gasteiger partial charge in [0.1, 0.15) is 17.4 Å². The Hall–Kier alpha value is -1.86. The molecule has 0 unspecified atom stereocenters. The standard InChI is InChI=1S/C20H26N2O4S/c1-14-3-4-18-16(12-26-20(18)15(14)2)11-19(23)22-8-6-21(7-9-22)17-5-10-27(24,25)13-17/h3-4,12,17H,5-11,13H2,1-2H3/p+1/t17-/m0/s1. The molecule has 6 nitrogen and oxygen atoms in total. The van der Waals surface area contributed by atoms with E-state index in [1.54, 1.807) is 6.26 Å². The van der Waals surface area contributed by atoms with Crippen molar-refractivity contribution in [2.75, 3.05) is 37.7 Å². The Morgan fingerprint density at radius 1 is 1.26 bits per heavy atom. The quantitative estimate of drug-likeness (QED) is 0.827. The second kappa shape index (κ2) is 6.95. The van der Waals surface area contributed by atoms with Gasteiger partial charge in [0.2, 0.25) is 5.91 Å². The predicted octanol–water partition coefficient (Wildman–Crippen LogP) is 0.506. The summed E-state index contributed by atoms with van der Waals surface area (Å²) >= 11 is 0. The smallest absolute Gasteiger partial charge is 0.227 e. The zero-order chi connectivity index (χ0) is 19.2. The summed E-state index contributed by atoms with van der Waals surface area (Å²) in [4.78, 5) is 16.0. The minimum absolute atomic E-state index is 0.119. The third kappa shape index (κ3) is 3.62. The zero-order valence-electron chi connectivity index (χ0n) is 16.0. The van der Waals surface area contributed by atoms with Crippen molar-refractivity contribution >= 4 is 26.7 Å². The van der Waals surface area contributed by atoms with Gasteiger partial charge in [-0.2, -0.15) is 0 Å². The van der Waals surface area contributed by atoms with Crippen LogP contribution in [-0.4, -0.2) is 63.0 Å². The molecule has 0 aliphatic carbocycles. The summed E-state index contributed by atoms with van der Waals surface area (Å²) < 4.78 is 29.1. The average molecular weight is 392 g/mol. The molecule has 0 bridgehead atoms. The van der Waals surface area contributed by atoms with Crippen molar-refractivity contribution in [2.45, 2.75) is 32.7 Å². The van der Waals surface area contributed by atoms with Crippen LogP contribution in [-0.2, 0) is 21.1 Å². The van der Waals surface area contributed by atoms with Crippen molar-refractivity contribution in [3.8, 4) is 0 Å².